The Labute approximate surface area is 423 Å². The number of anilines is 2. The fourth-order valence-corrected chi connectivity index (χ4v) is 9.98. The summed E-state index contributed by atoms with van der Waals surface area (Å²) in [6, 6.07) is 10.2. The highest BCUT2D eigenvalue weighted by molar-refractivity contribution is 8.76. The van der Waals surface area contributed by atoms with Crippen molar-refractivity contribution in [1.29, 1.82) is 0 Å². The number of aliphatic hydroxyl groups excluding tert-OH is 1. The van der Waals surface area contributed by atoms with Gasteiger partial charge in [0.2, 0.25) is 0 Å². The maximum absolute atomic E-state index is 13.5. The summed E-state index contributed by atoms with van der Waals surface area (Å²) in [6.45, 7) is 21.7. The number of amides is 4. The average molecular weight is 1020 g/mol. The minimum absolute atomic E-state index is 0.0211. The standard InChI is InChI=1S/C25H36N2O6.C23H24N4O7S2.C2H6/c1-17-12-18-16-27(24(29)33-25(2,3)4)20-14-22(32-11-9-7-8-10-30-5)21(31-6)13-19(20)23(28)26(18)15-17;1-13-8-19-22(29)26(18-6-5-16(33-3)9-17(18)21(28)25(19)11-13)23(30)34-12-14(2)35-36-20-7-4-15(10-24-20)27(31)32;1-2/h13-14,18H,1,7-12,15-16H2,2-6H3;4-7,9-10,14,19,22,29H,1,8,11-12H2,2-3H3;1-2H3/t;14-,19?,22?;/m.1./s1. The third-order valence-corrected chi connectivity index (χ3v) is 14.2. The summed E-state index contributed by atoms with van der Waals surface area (Å²) in [7, 11) is 7.39. The van der Waals surface area contributed by atoms with Crippen LogP contribution < -0.4 is 24.0 Å². The molecule has 5 heterocycles. The lowest BCUT2D eigenvalue weighted by atomic mass is 10.1. The molecule has 71 heavy (non-hydrogen) atoms. The summed E-state index contributed by atoms with van der Waals surface area (Å²) < 4.78 is 33.1. The van der Waals surface area contributed by atoms with Crippen molar-refractivity contribution in [2.24, 2.45) is 0 Å². The number of carbonyl (C=O) groups excluding carboxylic acids is 4. The van der Waals surface area contributed by atoms with Crippen LogP contribution in [0.2, 0.25) is 0 Å². The predicted octanol–water partition coefficient (Wildman–Crippen LogP) is 9.32. The number of methoxy groups -OCH3 is 3. The number of carbonyl (C=O) groups is 4. The molecule has 2 aromatic carbocycles. The maximum atomic E-state index is 13.5. The number of hydrogen-bond donors (Lipinski definition) is 1. The van der Waals surface area contributed by atoms with Crippen LogP contribution in [0.5, 0.6) is 17.2 Å². The van der Waals surface area contributed by atoms with Gasteiger partial charge in [-0.05, 0) is 101 Å². The molecule has 4 atom stereocenters. The number of hydrogen-bond acceptors (Lipinski definition) is 16. The highest BCUT2D eigenvalue weighted by atomic mass is 33.1. The molecule has 386 valence electrons. The first-order valence-corrected chi connectivity index (χ1v) is 25.6. The Kier molecular flexibility index (Phi) is 20.0. The number of nitrogens with zero attached hydrogens (tertiary/aromatic N) is 6. The van der Waals surface area contributed by atoms with Gasteiger partial charge in [0.15, 0.2) is 17.7 Å². The number of aromatic nitrogens is 1. The van der Waals surface area contributed by atoms with Crippen LogP contribution in [0.25, 0.3) is 0 Å². The highest BCUT2D eigenvalue weighted by Gasteiger charge is 2.46. The molecule has 21 heteroatoms. The maximum Gasteiger partial charge on any atom is 0.416 e. The van der Waals surface area contributed by atoms with E-state index in [0.717, 1.165) is 41.9 Å². The molecule has 0 aliphatic carbocycles. The van der Waals surface area contributed by atoms with Crippen LogP contribution in [0.3, 0.4) is 0 Å². The molecule has 0 spiro atoms. The van der Waals surface area contributed by atoms with Gasteiger partial charge in [0.05, 0.1) is 66.9 Å². The van der Waals surface area contributed by atoms with E-state index in [2.05, 4.69) is 18.1 Å². The van der Waals surface area contributed by atoms with E-state index >= 15 is 0 Å². The number of ether oxygens (including phenoxy) is 6. The molecule has 3 unspecified atom stereocenters. The van der Waals surface area contributed by atoms with Crippen molar-refractivity contribution in [2.75, 3.05) is 70.6 Å². The quantitative estimate of drug-likeness (QED) is 0.0494. The lowest BCUT2D eigenvalue weighted by molar-refractivity contribution is -0.385. The van der Waals surface area contributed by atoms with Crippen molar-refractivity contribution in [3.8, 4) is 17.2 Å². The second-order valence-corrected chi connectivity index (χ2v) is 20.5. The SMILES string of the molecule is C=C1CC2C(O)N(C(=O)OC[C@@H](C)SSc3ccc([N+](=O)[O-])cn3)c3ccc(OC)cc3C(=O)N2C1.C=C1CC2CN(C(=O)OC(C)(C)C)c3cc(OCCCCCOC)c(OC)cc3C(=O)N2C1.CC. The van der Waals surface area contributed by atoms with Crippen molar-refractivity contribution in [2.45, 2.75) is 108 Å². The fraction of sp³-hybridized carbons (Fsp3) is 0.500. The predicted molar refractivity (Wildman–Crippen MR) is 273 cm³/mol. The van der Waals surface area contributed by atoms with Gasteiger partial charge in [-0.1, -0.05) is 48.9 Å². The number of aliphatic hydroxyl groups is 1. The minimum Gasteiger partial charge on any atom is -0.497 e. The van der Waals surface area contributed by atoms with Crippen molar-refractivity contribution < 1.29 is 57.6 Å². The molecule has 2 saturated heterocycles. The Hall–Kier alpha value is -6.03. The Bertz CT molecular complexity index is 2420. The monoisotopic (exact) mass is 1020 g/mol. The van der Waals surface area contributed by atoms with Gasteiger partial charge in [-0.25, -0.2) is 19.5 Å². The molecule has 3 aromatic rings. The zero-order chi connectivity index (χ0) is 52.2. The molecule has 1 aromatic heterocycles. The van der Waals surface area contributed by atoms with E-state index in [-0.39, 0.29) is 46.7 Å². The first-order valence-electron chi connectivity index (χ1n) is 23.4. The Morgan fingerprint density at radius 3 is 2.21 bits per heavy atom. The number of nitro groups is 1. The van der Waals surface area contributed by atoms with E-state index in [4.69, 9.17) is 28.4 Å². The fourth-order valence-electron chi connectivity index (χ4n) is 8.12. The summed E-state index contributed by atoms with van der Waals surface area (Å²) >= 11 is 0. The number of unbranched alkanes of at least 4 members (excludes halogenated alkanes) is 2. The normalized spacial score (nSPS) is 18.5. The van der Waals surface area contributed by atoms with Crippen LogP contribution in [0.1, 0.15) is 94.4 Å². The summed E-state index contributed by atoms with van der Waals surface area (Å²) in [5.41, 5.74) is 2.33. The molecule has 19 nitrogen and oxygen atoms in total. The van der Waals surface area contributed by atoms with Gasteiger partial charge in [0.1, 0.15) is 29.2 Å². The van der Waals surface area contributed by atoms with Crippen molar-refractivity contribution in [1.82, 2.24) is 14.8 Å². The third kappa shape index (κ3) is 14.1. The van der Waals surface area contributed by atoms with Gasteiger partial charge in [-0.15, -0.1) is 0 Å². The highest BCUT2D eigenvalue weighted by Crippen LogP contribution is 2.42. The zero-order valence-electron chi connectivity index (χ0n) is 42.0. The van der Waals surface area contributed by atoms with E-state index in [9.17, 15) is 34.4 Å². The third-order valence-electron chi connectivity index (χ3n) is 11.4. The average Bonchev–Trinajstić information content (AvgIpc) is 3.89. The van der Waals surface area contributed by atoms with Gasteiger partial charge >= 0.3 is 12.2 Å². The number of fused-ring (bicyclic) bond motifs is 4. The molecular weight excluding hydrogens is 957 g/mol. The Morgan fingerprint density at radius 2 is 1.56 bits per heavy atom. The molecule has 4 aliphatic heterocycles. The molecule has 1 N–H and O–H groups in total. The van der Waals surface area contributed by atoms with E-state index in [0.29, 0.717) is 72.6 Å². The van der Waals surface area contributed by atoms with E-state index in [1.807, 2.05) is 41.5 Å². The van der Waals surface area contributed by atoms with Crippen LogP contribution in [0, 0.1) is 10.1 Å². The van der Waals surface area contributed by atoms with Gasteiger partial charge in [0, 0.05) is 44.2 Å². The van der Waals surface area contributed by atoms with Crippen molar-refractivity contribution >= 4 is 62.7 Å². The molecule has 0 bridgehead atoms. The molecule has 4 amide bonds. The van der Waals surface area contributed by atoms with Gasteiger partial charge in [-0.2, -0.15) is 0 Å². The first kappa shape index (κ1) is 55.9. The molecule has 2 fully saturated rings. The summed E-state index contributed by atoms with van der Waals surface area (Å²) in [5.74, 6) is 0.931. The number of pyridine rings is 1. The van der Waals surface area contributed by atoms with Crippen molar-refractivity contribution in [3.05, 3.63) is 94.2 Å². The molecule has 0 saturated carbocycles. The topological polar surface area (TPSA) is 213 Å². The van der Waals surface area contributed by atoms with E-state index in [1.54, 1.807) is 60.4 Å². The van der Waals surface area contributed by atoms with Crippen molar-refractivity contribution in [3.63, 3.8) is 0 Å². The van der Waals surface area contributed by atoms with E-state index in [1.165, 1.54) is 45.9 Å². The smallest absolute Gasteiger partial charge is 0.416 e. The second kappa shape index (κ2) is 25.4. The van der Waals surface area contributed by atoms with Crippen LogP contribution in [0.15, 0.2) is 78.0 Å². The molecule has 0 radical (unpaired) electrons. The van der Waals surface area contributed by atoms with Gasteiger partial charge in [-0.3, -0.25) is 24.6 Å². The van der Waals surface area contributed by atoms with E-state index < -0.39 is 35.0 Å². The summed E-state index contributed by atoms with van der Waals surface area (Å²) in [5, 5.41) is 22.3. The second-order valence-electron chi connectivity index (χ2n) is 17.9. The summed E-state index contributed by atoms with van der Waals surface area (Å²) in [6.07, 6.45) is 2.40. The van der Waals surface area contributed by atoms with Crippen LogP contribution in [0.4, 0.5) is 26.7 Å². The molecule has 4 aliphatic rings. The van der Waals surface area contributed by atoms with Gasteiger partial charge in [0.25, 0.3) is 17.5 Å². The van der Waals surface area contributed by atoms with Crippen LogP contribution in [-0.2, 0) is 14.2 Å². The summed E-state index contributed by atoms with van der Waals surface area (Å²) in [4.78, 5) is 73.4. The number of benzene rings is 2. The van der Waals surface area contributed by atoms with Crippen LogP contribution >= 0.6 is 21.6 Å². The molecular formula is C50H66N6O13S2. The molecule has 7 rings (SSSR count). The van der Waals surface area contributed by atoms with Gasteiger partial charge < -0.3 is 43.3 Å². The first-order chi connectivity index (χ1) is 33.8. The Balaban J connectivity index is 0.000000256. The number of rotatable bonds is 15. The van der Waals surface area contributed by atoms with Crippen LogP contribution in [-0.4, -0.2) is 139 Å². The Morgan fingerprint density at radius 1 is 0.887 bits per heavy atom. The minimum atomic E-state index is -1.32. The lowest BCUT2D eigenvalue weighted by Gasteiger charge is -2.31. The zero-order valence-corrected chi connectivity index (χ0v) is 43.6. The lowest BCUT2D eigenvalue weighted by Crippen LogP contribution is -2.51. The largest absolute Gasteiger partial charge is 0.497 e.